The first-order chi connectivity index (χ1) is 16.2. The normalized spacial score (nSPS) is 11.4. The molecule has 0 aliphatic rings. The van der Waals surface area contributed by atoms with Gasteiger partial charge in [0.05, 0.1) is 11.1 Å². The molecule has 9 nitrogen and oxygen atoms in total. The molecule has 2 aromatic heterocycles. The number of aromatic nitrogens is 2. The van der Waals surface area contributed by atoms with Crippen LogP contribution in [0.25, 0.3) is 16.7 Å². The number of primary amides is 1. The van der Waals surface area contributed by atoms with Crippen molar-refractivity contribution in [3.05, 3.63) is 40.5 Å². The highest BCUT2D eigenvalue weighted by Crippen LogP contribution is 2.39. The molecule has 10 heteroatoms. The van der Waals surface area contributed by atoms with E-state index in [1.165, 1.54) is 0 Å². The van der Waals surface area contributed by atoms with E-state index in [4.69, 9.17) is 24.9 Å². The number of carbonyl (C=O) groups is 2. The molecule has 1 aromatic carbocycles. The van der Waals surface area contributed by atoms with E-state index in [9.17, 15) is 14.9 Å². The summed E-state index contributed by atoms with van der Waals surface area (Å²) in [6.07, 6.45) is -1.91. The Labute approximate surface area is 205 Å². The van der Waals surface area contributed by atoms with Crippen LogP contribution in [0.1, 0.15) is 43.0 Å². The van der Waals surface area contributed by atoms with Crippen molar-refractivity contribution in [1.82, 2.24) is 9.55 Å². The van der Waals surface area contributed by atoms with Crippen LogP contribution in [0.2, 0.25) is 0 Å². The monoisotopic (exact) mass is 496 g/mol. The summed E-state index contributed by atoms with van der Waals surface area (Å²) >= 11 is 0. The zero-order valence-corrected chi connectivity index (χ0v) is 22.0. The number of benzene rings is 1. The lowest BCUT2D eigenvalue weighted by atomic mass is 10.1. The van der Waals surface area contributed by atoms with Crippen molar-refractivity contribution in [2.24, 2.45) is 5.73 Å². The highest BCUT2D eigenvalue weighted by atomic mass is 31.1. The first kappa shape index (κ1) is 26.0. The number of hydrogen-bond donors (Lipinski definition) is 1. The summed E-state index contributed by atoms with van der Waals surface area (Å²) in [5.74, 6) is 0.210. The topological polar surface area (TPSA) is 129 Å². The van der Waals surface area contributed by atoms with E-state index in [0.29, 0.717) is 22.3 Å². The van der Waals surface area contributed by atoms with Crippen LogP contribution in [0.5, 0.6) is 11.6 Å². The van der Waals surface area contributed by atoms with E-state index in [-0.39, 0.29) is 17.2 Å². The average Bonchev–Trinajstić information content (AvgIpc) is 2.99. The molecule has 0 radical (unpaired) electrons. The van der Waals surface area contributed by atoms with Crippen LogP contribution in [0.3, 0.4) is 0 Å². The lowest BCUT2D eigenvalue weighted by Crippen LogP contribution is -2.26. The number of nitrogens with two attached hydrogens (primary N) is 1. The van der Waals surface area contributed by atoms with Gasteiger partial charge in [0, 0.05) is 10.9 Å². The number of fused-ring (bicyclic) bond motifs is 1. The first-order valence-electron chi connectivity index (χ1n) is 10.9. The van der Waals surface area contributed by atoms with Crippen molar-refractivity contribution in [2.75, 3.05) is 13.3 Å². The smallest absolute Gasteiger partial charge is 0.428 e. The van der Waals surface area contributed by atoms with Gasteiger partial charge in [0.25, 0.3) is 0 Å². The molecule has 0 fully saturated rings. The van der Waals surface area contributed by atoms with Crippen LogP contribution in [-0.2, 0) is 4.74 Å². The Morgan fingerprint density at radius 3 is 2.31 bits per heavy atom. The van der Waals surface area contributed by atoms with E-state index in [0.717, 1.165) is 16.6 Å². The first-order valence-corrected chi connectivity index (χ1v) is 13.1. The standard InChI is InChI=1S/C25H29N4O5P/c1-13-9-10-18(32-24(31)34-25(4,5)6)15(3)19(13)29-20-16(11-14(2)21(28-20)35(7)8)17(12-26)22(29)33-23(27)30/h9-11H,1-8H3,(H2,27,30). The molecule has 2 N–H and O–H groups in total. The van der Waals surface area contributed by atoms with Crippen molar-refractivity contribution in [3.63, 3.8) is 0 Å². The van der Waals surface area contributed by atoms with Gasteiger partial charge in [-0.15, -0.1) is 0 Å². The largest absolute Gasteiger partial charge is 0.514 e. The van der Waals surface area contributed by atoms with Crippen molar-refractivity contribution in [3.8, 4) is 23.4 Å². The van der Waals surface area contributed by atoms with E-state index in [1.807, 2.05) is 19.9 Å². The third kappa shape index (κ3) is 5.23. The second-order valence-electron chi connectivity index (χ2n) is 9.36. The molecule has 35 heavy (non-hydrogen) atoms. The zero-order valence-electron chi connectivity index (χ0n) is 21.1. The minimum absolute atomic E-state index is 0.0452. The summed E-state index contributed by atoms with van der Waals surface area (Å²) in [6, 6.07) is 7.41. The molecule has 0 saturated carbocycles. The van der Waals surface area contributed by atoms with Gasteiger partial charge < -0.3 is 19.9 Å². The van der Waals surface area contributed by atoms with Crippen molar-refractivity contribution in [2.45, 2.75) is 47.1 Å². The van der Waals surface area contributed by atoms with Crippen LogP contribution in [-0.4, -0.2) is 40.7 Å². The number of carbonyl (C=O) groups excluding carboxylic acids is 2. The molecule has 0 saturated heterocycles. The molecule has 1 amide bonds. The highest BCUT2D eigenvalue weighted by Gasteiger charge is 2.27. The lowest BCUT2D eigenvalue weighted by molar-refractivity contribution is 0.0204. The predicted octanol–water partition coefficient (Wildman–Crippen LogP) is 4.96. The Morgan fingerprint density at radius 2 is 1.77 bits per heavy atom. The summed E-state index contributed by atoms with van der Waals surface area (Å²) in [7, 11) is -0.565. The van der Waals surface area contributed by atoms with Crippen LogP contribution in [0.4, 0.5) is 9.59 Å². The van der Waals surface area contributed by atoms with Crippen LogP contribution >= 0.6 is 7.92 Å². The van der Waals surface area contributed by atoms with Gasteiger partial charge in [0.2, 0.25) is 5.88 Å². The molecule has 2 heterocycles. The molecule has 3 rings (SSSR count). The Kier molecular flexibility index (Phi) is 7.09. The summed E-state index contributed by atoms with van der Waals surface area (Å²) < 4.78 is 17.7. The number of nitriles is 1. The highest BCUT2D eigenvalue weighted by molar-refractivity contribution is 7.63. The van der Waals surface area contributed by atoms with Gasteiger partial charge in [-0.2, -0.15) is 5.26 Å². The van der Waals surface area contributed by atoms with E-state index >= 15 is 0 Å². The van der Waals surface area contributed by atoms with Gasteiger partial charge in [0.1, 0.15) is 28.6 Å². The van der Waals surface area contributed by atoms with E-state index in [1.54, 1.807) is 44.4 Å². The maximum atomic E-state index is 12.4. The quantitative estimate of drug-likeness (QED) is 0.307. The fourth-order valence-corrected chi connectivity index (χ4v) is 4.93. The summed E-state index contributed by atoms with van der Waals surface area (Å²) in [5, 5.41) is 10.5. The summed E-state index contributed by atoms with van der Waals surface area (Å²) in [5.41, 5.74) is 8.93. The van der Waals surface area contributed by atoms with Gasteiger partial charge in [-0.3, -0.25) is 4.57 Å². The zero-order chi connectivity index (χ0) is 26.2. The lowest BCUT2D eigenvalue weighted by Gasteiger charge is -2.21. The van der Waals surface area contributed by atoms with Gasteiger partial charge in [-0.25, -0.2) is 14.6 Å². The number of pyridine rings is 1. The Morgan fingerprint density at radius 1 is 1.11 bits per heavy atom. The fourth-order valence-electron chi connectivity index (χ4n) is 3.86. The number of nitrogens with zero attached hydrogens (tertiary/aromatic N) is 3. The Balaban J connectivity index is 2.36. The van der Waals surface area contributed by atoms with Crippen molar-refractivity contribution >= 4 is 36.6 Å². The molecule has 0 aliphatic heterocycles. The van der Waals surface area contributed by atoms with Gasteiger partial charge in [0.15, 0.2) is 0 Å². The molecule has 184 valence electrons. The molecule has 0 unspecified atom stereocenters. The number of hydrogen-bond acceptors (Lipinski definition) is 7. The number of ether oxygens (including phenoxy) is 3. The second kappa shape index (κ2) is 9.55. The van der Waals surface area contributed by atoms with Crippen molar-refractivity contribution < 1.29 is 23.8 Å². The summed E-state index contributed by atoms with van der Waals surface area (Å²) in [4.78, 5) is 29.1. The van der Waals surface area contributed by atoms with Gasteiger partial charge >= 0.3 is 12.2 Å². The van der Waals surface area contributed by atoms with Gasteiger partial charge in [-0.05, 0) is 78.1 Å². The van der Waals surface area contributed by atoms with Crippen molar-refractivity contribution in [1.29, 1.82) is 5.26 Å². The Bertz CT molecular complexity index is 1380. The molecule has 0 aliphatic carbocycles. The maximum absolute atomic E-state index is 12.4. The van der Waals surface area contributed by atoms with E-state index < -0.39 is 25.8 Å². The fraction of sp³-hybridized carbons (Fsp3) is 0.360. The summed E-state index contributed by atoms with van der Waals surface area (Å²) in [6.45, 7) is 14.9. The Hall–Kier alpha value is -3.63. The van der Waals surface area contributed by atoms with Gasteiger partial charge in [-0.1, -0.05) is 14.0 Å². The number of amides is 1. The molecular formula is C25H29N4O5P. The van der Waals surface area contributed by atoms with Crippen LogP contribution in [0.15, 0.2) is 18.2 Å². The van der Waals surface area contributed by atoms with E-state index in [2.05, 4.69) is 19.4 Å². The minimum Gasteiger partial charge on any atom is -0.428 e. The second-order valence-corrected chi connectivity index (χ2v) is 11.6. The SMILES string of the molecule is Cc1cc2c(C#N)c(OC(N)=O)n(-c3c(C)ccc(OC(=O)OC(C)(C)C)c3C)c2nc1P(C)C. The predicted molar refractivity (Wildman–Crippen MR) is 135 cm³/mol. The molecule has 0 bridgehead atoms. The molecule has 0 spiro atoms. The number of rotatable bonds is 4. The molecular weight excluding hydrogens is 467 g/mol. The number of aryl methyl sites for hydroxylation is 2. The molecule has 0 atom stereocenters. The van der Waals surface area contributed by atoms with Crippen LogP contribution in [0, 0.1) is 32.1 Å². The van der Waals surface area contributed by atoms with Crippen LogP contribution < -0.4 is 20.6 Å². The molecule has 3 aromatic rings. The maximum Gasteiger partial charge on any atom is 0.514 e. The third-order valence-electron chi connectivity index (χ3n) is 5.19. The minimum atomic E-state index is -1.06. The average molecular weight is 497 g/mol. The third-order valence-corrected chi connectivity index (χ3v) is 6.49.